The van der Waals surface area contributed by atoms with Crippen LogP contribution in [0.1, 0.15) is 20.3 Å². The Kier molecular flexibility index (Phi) is 7.25. The van der Waals surface area contributed by atoms with Crippen molar-refractivity contribution in [3.63, 3.8) is 0 Å². The molecule has 0 spiro atoms. The fourth-order valence-corrected chi connectivity index (χ4v) is 1.33. The quantitative estimate of drug-likeness (QED) is 0.503. The molecule has 0 aliphatic heterocycles. The van der Waals surface area contributed by atoms with E-state index in [0.29, 0.717) is 25.1 Å². The first-order valence-corrected chi connectivity index (χ1v) is 6.56. The van der Waals surface area contributed by atoms with Crippen molar-refractivity contribution in [2.24, 2.45) is 0 Å². The van der Waals surface area contributed by atoms with Crippen molar-refractivity contribution in [1.29, 1.82) is 0 Å². The van der Waals surface area contributed by atoms with Crippen LogP contribution in [0.4, 0.5) is 0 Å². The molecule has 0 aliphatic rings. The number of aliphatic carboxylic acids is 1. The molecule has 4 nitrogen and oxygen atoms in total. The van der Waals surface area contributed by atoms with Gasteiger partial charge in [-0.1, -0.05) is 13.0 Å². The zero-order chi connectivity index (χ0) is 11.8. The van der Waals surface area contributed by atoms with Crippen LogP contribution in [-0.2, 0) is 15.6 Å². The van der Waals surface area contributed by atoms with E-state index in [1.165, 1.54) is 0 Å². The average Bonchev–Trinajstić information content (AvgIpc) is 2.16. The highest BCUT2D eigenvalue weighted by molar-refractivity contribution is 7.84. The van der Waals surface area contributed by atoms with Crippen molar-refractivity contribution in [3.8, 4) is 0 Å². The first-order chi connectivity index (χ1) is 6.99. The Hall–Kier alpha value is -0.680. The number of carboxylic acid groups (broad SMARTS) is 1. The van der Waals surface area contributed by atoms with Crippen molar-refractivity contribution < 1.29 is 14.1 Å². The number of carboxylic acids is 1. The predicted octanol–water partition coefficient (Wildman–Crippen LogP) is 0.764. The van der Waals surface area contributed by atoms with Gasteiger partial charge in [-0.25, -0.2) is 4.79 Å². The van der Waals surface area contributed by atoms with Crippen molar-refractivity contribution in [2.75, 3.05) is 19.3 Å². The number of hydrogen-bond donors (Lipinski definition) is 2. The summed E-state index contributed by atoms with van der Waals surface area (Å²) in [6.07, 6.45) is 3.84. The molecular weight excluding hydrogens is 214 g/mol. The number of rotatable bonds is 7. The van der Waals surface area contributed by atoms with E-state index in [9.17, 15) is 9.00 Å². The summed E-state index contributed by atoms with van der Waals surface area (Å²) in [5.74, 6) is -0.869. The molecule has 0 aromatic carbocycles. The van der Waals surface area contributed by atoms with Gasteiger partial charge in [0.2, 0.25) is 0 Å². The Morgan fingerprint density at radius 2 is 2.20 bits per heavy atom. The van der Waals surface area contributed by atoms with Gasteiger partial charge in [0.05, 0.1) is 0 Å². The molecule has 0 saturated carbocycles. The summed E-state index contributed by atoms with van der Waals surface area (Å²) in [5, 5.41) is 11.9. The van der Waals surface area contributed by atoms with Crippen LogP contribution in [-0.4, -0.2) is 39.9 Å². The van der Waals surface area contributed by atoms with Gasteiger partial charge in [0.25, 0.3) is 0 Å². The summed E-state index contributed by atoms with van der Waals surface area (Å²) in [4.78, 5) is 10.6. The molecule has 2 unspecified atom stereocenters. The lowest BCUT2D eigenvalue weighted by atomic mass is 10.2. The molecule has 15 heavy (non-hydrogen) atoms. The maximum absolute atomic E-state index is 11.0. The predicted molar refractivity (Wildman–Crippen MR) is 62.4 cm³/mol. The summed E-state index contributed by atoms with van der Waals surface area (Å²) in [5.41, 5.74) is 0.410. The topological polar surface area (TPSA) is 66.4 Å². The van der Waals surface area contributed by atoms with Gasteiger partial charge in [-0.15, -0.1) is 0 Å². The molecule has 88 valence electrons. The minimum absolute atomic E-state index is 0.0910. The average molecular weight is 233 g/mol. The Morgan fingerprint density at radius 3 is 2.60 bits per heavy atom. The van der Waals surface area contributed by atoms with Crippen molar-refractivity contribution in [3.05, 3.63) is 11.6 Å². The maximum atomic E-state index is 11.0. The van der Waals surface area contributed by atoms with Crippen molar-refractivity contribution in [1.82, 2.24) is 5.32 Å². The van der Waals surface area contributed by atoms with Gasteiger partial charge < -0.3 is 10.4 Å². The first-order valence-electron chi connectivity index (χ1n) is 4.94. The van der Waals surface area contributed by atoms with Crippen LogP contribution in [0.15, 0.2) is 11.6 Å². The van der Waals surface area contributed by atoms with E-state index >= 15 is 0 Å². The highest BCUT2D eigenvalue weighted by Gasteiger charge is 2.05. The van der Waals surface area contributed by atoms with Gasteiger partial charge in [-0.2, -0.15) is 0 Å². The second-order valence-corrected chi connectivity index (χ2v) is 5.16. The minimum atomic E-state index is -0.869. The number of carbonyl (C=O) groups is 1. The molecule has 0 saturated heterocycles. The Bertz CT molecular complexity index is 263. The van der Waals surface area contributed by atoms with E-state index < -0.39 is 16.8 Å². The fraction of sp³-hybridized carbons (Fsp3) is 0.700. The molecule has 0 radical (unpaired) electrons. The summed E-state index contributed by atoms with van der Waals surface area (Å²) < 4.78 is 11.0. The number of hydrogen-bond acceptors (Lipinski definition) is 3. The van der Waals surface area contributed by atoms with E-state index in [4.69, 9.17) is 5.11 Å². The third kappa shape index (κ3) is 6.41. The lowest BCUT2D eigenvalue weighted by Gasteiger charge is -2.08. The zero-order valence-corrected chi connectivity index (χ0v) is 10.3. The smallest absolute Gasteiger partial charge is 0.331 e. The monoisotopic (exact) mass is 233 g/mol. The van der Waals surface area contributed by atoms with Crippen LogP contribution in [0.25, 0.3) is 0 Å². The van der Waals surface area contributed by atoms with Crippen LogP contribution in [0.3, 0.4) is 0 Å². The van der Waals surface area contributed by atoms with E-state index in [2.05, 4.69) is 5.32 Å². The Morgan fingerprint density at radius 1 is 1.60 bits per heavy atom. The summed E-state index contributed by atoms with van der Waals surface area (Å²) >= 11 is 0. The lowest BCUT2D eigenvalue weighted by molar-refractivity contribution is -0.132. The molecule has 0 heterocycles. The van der Waals surface area contributed by atoms with Crippen molar-refractivity contribution >= 4 is 16.8 Å². The standard InChI is InChI=1S/C10H19NO3S/c1-4-9(10(12)13)5-6-11-7-8(2)15(3)14/h5,8,11H,4,6-7H2,1-3H3,(H,12,13). The van der Waals surface area contributed by atoms with E-state index in [1.807, 2.05) is 13.8 Å². The molecule has 0 amide bonds. The Labute approximate surface area is 93.2 Å². The molecule has 0 rings (SSSR count). The fourth-order valence-electron chi connectivity index (χ4n) is 0.982. The lowest BCUT2D eigenvalue weighted by Crippen LogP contribution is -2.27. The van der Waals surface area contributed by atoms with Gasteiger partial charge in [0.1, 0.15) is 0 Å². The van der Waals surface area contributed by atoms with Crippen molar-refractivity contribution in [2.45, 2.75) is 25.5 Å². The van der Waals surface area contributed by atoms with Gasteiger partial charge in [-0.05, 0) is 13.3 Å². The molecule has 2 N–H and O–H groups in total. The van der Waals surface area contributed by atoms with Crippen LogP contribution in [0.2, 0.25) is 0 Å². The highest BCUT2D eigenvalue weighted by atomic mass is 32.2. The van der Waals surface area contributed by atoms with Gasteiger partial charge in [0, 0.05) is 41.0 Å². The normalized spacial score (nSPS) is 16.1. The van der Waals surface area contributed by atoms with Crippen LogP contribution < -0.4 is 5.32 Å². The minimum Gasteiger partial charge on any atom is -0.478 e. The third-order valence-corrected chi connectivity index (χ3v) is 3.45. The molecule has 0 aromatic rings. The molecule has 0 aromatic heterocycles. The summed E-state index contributed by atoms with van der Waals surface area (Å²) in [6.45, 7) is 4.85. The van der Waals surface area contributed by atoms with Crippen LogP contribution in [0.5, 0.6) is 0 Å². The molecule has 2 atom stereocenters. The first kappa shape index (κ1) is 14.3. The molecule has 0 fully saturated rings. The molecule has 5 heteroatoms. The van der Waals surface area contributed by atoms with Gasteiger partial charge in [-0.3, -0.25) is 4.21 Å². The van der Waals surface area contributed by atoms with Crippen LogP contribution >= 0.6 is 0 Å². The molecule has 0 aliphatic carbocycles. The highest BCUT2D eigenvalue weighted by Crippen LogP contribution is 1.99. The Balaban J connectivity index is 3.87. The van der Waals surface area contributed by atoms with E-state index in [1.54, 1.807) is 12.3 Å². The second-order valence-electron chi connectivity index (χ2n) is 3.36. The van der Waals surface area contributed by atoms with Gasteiger partial charge in [0.15, 0.2) is 0 Å². The largest absolute Gasteiger partial charge is 0.478 e. The van der Waals surface area contributed by atoms with Crippen LogP contribution in [0, 0.1) is 0 Å². The summed E-state index contributed by atoms with van der Waals surface area (Å²) in [6, 6.07) is 0. The number of nitrogens with one attached hydrogen (secondary N) is 1. The van der Waals surface area contributed by atoms with E-state index in [0.717, 1.165) is 0 Å². The third-order valence-electron chi connectivity index (χ3n) is 2.15. The summed E-state index contributed by atoms with van der Waals surface area (Å²) in [7, 11) is -0.835. The second kappa shape index (κ2) is 7.59. The maximum Gasteiger partial charge on any atom is 0.331 e. The molecule has 0 bridgehead atoms. The SMILES string of the molecule is CCC(=CCNCC(C)S(C)=O)C(=O)O. The van der Waals surface area contributed by atoms with E-state index in [-0.39, 0.29) is 5.25 Å². The zero-order valence-electron chi connectivity index (χ0n) is 9.45. The molecular formula is C10H19NO3S. The van der Waals surface area contributed by atoms with Gasteiger partial charge >= 0.3 is 5.97 Å².